The van der Waals surface area contributed by atoms with Gasteiger partial charge in [0.2, 0.25) is 0 Å². The molecule has 5 rings (SSSR count). The summed E-state index contributed by atoms with van der Waals surface area (Å²) in [4.78, 5) is 2.51. The molecule has 3 aromatic rings. The largest absolute Gasteiger partial charge is 0.496 e. The van der Waals surface area contributed by atoms with E-state index in [4.69, 9.17) is 26.2 Å². The number of rotatable bonds is 8. The monoisotopic (exact) mass is 425 g/mol. The highest BCUT2D eigenvalue weighted by atomic mass is 35.5. The molecule has 1 aromatic carbocycles. The van der Waals surface area contributed by atoms with Crippen molar-refractivity contribution in [3.8, 4) is 22.9 Å². The average Bonchev–Trinajstić information content (AvgIpc) is 3.66. The van der Waals surface area contributed by atoms with Gasteiger partial charge in [0.1, 0.15) is 11.4 Å². The van der Waals surface area contributed by atoms with Gasteiger partial charge in [0.15, 0.2) is 0 Å². The third kappa shape index (κ3) is 3.60. The predicted octanol–water partition coefficient (Wildman–Crippen LogP) is 5.61. The Kier molecular flexibility index (Phi) is 5.02. The van der Waals surface area contributed by atoms with Crippen molar-refractivity contribution >= 4 is 22.8 Å². The first-order valence-corrected chi connectivity index (χ1v) is 11.1. The Morgan fingerprint density at radius 3 is 2.37 bits per heavy atom. The number of benzene rings is 1. The van der Waals surface area contributed by atoms with Crippen LogP contribution in [0.1, 0.15) is 31.2 Å². The van der Waals surface area contributed by atoms with Crippen LogP contribution in [0.3, 0.4) is 0 Å². The van der Waals surface area contributed by atoms with Gasteiger partial charge in [-0.3, -0.25) is 0 Å². The van der Waals surface area contributed by atoms with Crippen LogP contribution in [0.15, 0.2) is 30.3 Å². The smallest absolute Gasteiger partial charge is 0.257 e. The molecule has 2 aliphatic carbocycles. The van der Waals surface area contributed by atoms with Gasteiger partial charge in [-0.25, -0.2) is 4.52 Å². The molecule has 30 heavy (non-hydrogen) atoms. The minimum atomic E-state index is 0.656. The van der Waals surface area contributed by atoms with E-state index in [1.165, 1.54) is 25.7 Å². The predicted molar refractivity (Wildman–Crippen MR) is 121 cm³/mol. The molecule has 0 unspecified atom stereocenters. The lowest BCUT2D eigenvalue weighted by molar-refractivity contribution is 0.394. The van der Waals surface area contributed by atoms with Crippen LogP contribution in [0.4, 0.5) is 5.69 Å². The van der Waals surface area contributed by atoms with Gasteiger partial charge in [-0.15, -0.1) is 5.10 Å². The zero-order valence-corrected chi connectivity index (χ0v) is 18.6. The lowest BCUT2D eigenvalue weighted by atomic mass is 10.1. The SMILES string of the molecule is COc1cc(C)cc(Cl)c1-c1cccc2c(N(CC3CC3)CC3CC3)c(OC)nn12. The van der Waals surface area contributed by atoms with Gasteiger partial charge in [-0.1, -0.05) is 17.7 Å². The fraction of sp³-hybridized carbons (Fsp3) is 0.458. The maximum Gasteiger partial charge on any atom is 0.257 e. The molecule has 2 aromatic heterocycles. The lowest BCUT2D eigenvalue weighted by Crippen LogP contribution is -2.28. The Bertz CT molecular complexity index is 1070. The number of hydrogen-bond acceptors (Lipinski definition) is 4. The van der Waals surface area contributed by atoms with E-state index in [0.29, 0.717) is 10.9 Å². The normalized spacial score (nSPS) is 16.1. The summed E-state index contributed by atoms with van der Waals surface area (Å²) in [6, 6.07) is 10.2. The zero-order valence-electron chi connectivity index (χ0n) is 17.8. The molecule has 6 heteroatoms. The maximum atomic E-state index is 6.68. The van der Waals surface area contributed by atoms with E-state index < -0.39 is 0 Å². The topological polar surface area (TPSA) is 39.0 Å². The van der Waals surface area contributed by atoms with Crippen LogP contribution < -0.4 is 14.4 Å². The molecule has 0 saturated heterocycles. The van der Waals surface area contributed by atoms with Crippen LogP contribution in [0.2, 0.25) is 5.02 Å². The maximum absolute atomic E-state index is 6.68. The van der Waals surface area contributed by atoms with Crippen molar-refractivity contribution in [1.82, 2.24) is 9.61 Å². The summed E-state index contributed by atoms with van der Waals surface area (Å²) in [5.74, 6) is 3.00. The van der Waals surface area contributed by atoms with Crippen molar-refractivity contribution in [2.45, 2.75) is 32.6 Å². The zero-order chi connectivity index (χ0) is 20.8. The number of methoxy groups -OCH3 is 2. The highest BCUT2D eigenvalue weighted by Gasteiger charge is 2.33. The molecule has 0 aliphatic heterocycles. The Morgan fingerprint density at radius 2 is 1.77 bits per heavy atom. The second-order valence-electron chi connectivity index (χ2n) is 8.68. The second-order valence-corrected chi connectivity index (χ2v) is 9.09. The number of hydrogen-bond donors (Lipinski definition) is 0. The van der Waals surface area contributed by atoms with Gasteiger partial charge in [0.05, 0.1) is 36.0 Å². The van der Waals surface area contributed by atoms with Crippen LogP contribution in [0.5, 0.6) is 11.6 Å². The van der Waals surface area contributed by atoms with E-state index in [1.807, 2.05) is 29.6 Å². The van der Waals surface area contributed by atoms with E-state index in [9.17, 15) is 0 Å². The molecule has 2 aliphatic rings. The van der Waals surface area contributed by atoms with E-state index >= 15 is 0 Å². The number of pyridine rings is 1. The molecule has 0 atom stereocenters. The number of aromatic nitrogens is 2. The first-order valence-electron chi connectivity index (χ1n) is 10.7. The number of aryl methyl sites for hydroxylation is 1. The molecule has 2 saturated carbocycles. The number of ether oxygens (including phenoxy) is 2. The molecule has 0 radical (unpaired) electrons. The van der Waals surface area contributed by atoms with Gasteiger partial charge < -0.3 is 14.4 Å². The first-order chi connectivity index (χ1) is 14.6. The summed E-state index contributed by atoms with van der Waals surface area (Å²) in [5.41, 5.74) is 4.95. The number of halogens is 1. The molecule has 0 N–H and O–H groups in total. The Labute approximate surface area is 182 Å². The van der Waals surface area contributed by atoms with Gasteiger partial charge in [-0.05, 0) is 74.3 Å². The van der Waals surface area contributed by atoms with Gasteiger partial charge in [0, 0.05) is 13.1 Å². The van der Waals surface area contributed by atoms with Crippen molar-refractivity contribution in [2.75, 3.05) is 32.2 Å². The second kappa shape index (κ2) is 7.69. The van der Waals surface area contributed by atoms with Crippen molar-refractivity contribution < 1.29 is 9.47 Å². The highest BCUT2D eigenvalue weighted by molar-refractivity contribution is 6.33. The minimum absolute atomic E-state index is 0.656. The highest BCUT2D eigenvalue weighted by Crippen LogP contribution is 2.43. The quantitative estimate of drug-likeness (QED) is 0.470. The summed E-state index contributed by atoms with van der Waals surface area (Å²) in [5, 5.41) is 5.52. The first kappa shape index (κ1) is 19.6. The van der Waals surface area contributed by atoms with Crippen molar-refractivity contribution in [2.24, 2.45) is 11.8 Å². The summed E-state index contributed by atoms with van der Waals surface area (Å²) < 4.78 is 13.4. The van der Waals surface area contributed by atoms with Crippen molar-refractivity contribution in [1.29, 1.82) is 0 Å². The van der Waals surface area contributed by atoms with E-state index in [1.54, 1.807) is 14.2 Å². The fourth-order valence-corrected chi connectivity index (χ4v) is 4.62. The van der Waals surface area contributed by atoms with Crippen LogP contribution in [0, 0.1) is 18.8 Å². The fourth-order valence-electron chi connectivity index (χ4n) is 4.26. The number of fused-ring (bicyclic) bond motifs is 1. The van der Waals surface area contributed by atoms with Crippen molar-refractivity contribution in [3.63, 3.8) is 0 Å². The summed E-state index contributed by atoms with van der Waals surface area (Å²) in [6.45, 7) is 4.17. The lowest BCUT2D eigenvalue weighted by Gasteiger charge is -2.24. The molecule has 2 fully saturated rings. The third-order valence-electron chi connectivity index (χ3n) is 6.14. The Hall–Kier alpha value is -2.40. The van der Waals surface area contributed by atoms with Gasteiger partial charge >= 0.3 is 0 Å². The Morgan fingerprint density at radius 1 is 1.07 bits per heavy atom. The van der Waals surface area contributed by atoms with Crippen LogP contribution in [-0.2, 0) is 0 Å². The molecule has 0 bridgehead atoms. The van der Waals surface area contributed by atoms with Crippen LogP contribution in [-0.4, -0.2) is 36.9 Å². The molecular formula is C24H28ClN3O2. The van der Waals surface area contributed by atoms with E-state index in [-0.39, 0.29) is 0 Å². The molecule has 2 heterocycles. The summed E-state index contributed by atoms with van der Waals surface area (Å²) in [6.07, 6.45) is 5.29. The molecule has 0 amide bonds. The van der Waals surface area contributed by atoms with E-state index in [0.717, 1.165) is 58.7 Å². The molecule has 0 spiro atoms. The molecular weight excluding hydrogens is 398 g/mol. The molecule has 5 nitrogen and oxygen atoms in total. The average molecular weight is 426 g/mol. The standard InChI is InChI=1S/C24H28ClN3O2/c1-15-11-18(25)22(21(12-15)29-2)19-5-4-6-20-23(24(30-3)26-28(19)20)27(13-16-7-8-16)14-17-9-10-17/h4-6,11-12,16-17H,7-10,13-14H2,1-3H3. The summed E-state index contributed by atoms with van der Waals surface area (Å²) in [7, 11) is 3.38. The van der Waals surface area contributed by atoms with Gasteiger partial charge in [-0.2, -0.15) is 0 Å². The Balaban J connectivity index is 1.68. The van der Waals surface area contributed by atoms with Crippen LogP contribution >= 0.6 is 11.6 Å². The van der Waals surface area contributed by atoms with Crippen LogP contribution in [0.25, 0.3) is 16.8 Å². The van der Waals surface area contributed by atoms with Gasteiger partial charge in [0.25, 0.3) is 5.88 Å². The minimum Gasteiger partial charge on any atom is -0.496 e. The summed E-state index contributed by atoms with van der Waals surface area (Å²) >= 11 is 6.68. The number of anilines is 1. The third-order valence-corrected chi connectivity index (χ3v) is 6.43. The van der Waals surface area contributed by atoms with Crippen molar-refractivity contribution in [3.05, 3.63) is 40.9 Å². The van der Waals surface area contributed by atoms with E-state index in [2.05, 4.69) is 17.0 Å². The number of nitrogens with zero attached hydrogens (tertiary/aromatic N) is 3. The molecule has 158 valence electrons.